The van der Waals surface area contributed by atoms with Crippen LogP contribution >= 0.6 is 0 Å². The number of ether oxygens (including phenoxy) is 2. The lowest BCUT2D eigenvalue weighted by Gasteiger charge is -2.05. The minimum atomic E-state index is -0.579. The van der Waals surface area contributed by atoms with Gasteiger partial charge < -0.3 is 9.47 Å². The molecule has 1 heterocycles. The highest BCUT2D eigenvalue weighted by Gasteiger charge is 2.26. The second-order valence-electron chi connectivity index (χ2n) is 4.59. The molecule has 22 heavy (non-hydrogen) atoms. The fourth-order valence-electron chi connectivity index (χ4n) is 2.10. The summed E-state index contributed by atoms with van der Waals surface area (Å²) < 4.78 is 23.6. The molecule has 0 bridgehead atoms. The van der Waals surface area contributed by atoms with Gasteiger partial charge in [0.15, 0.2) is 5.70 Å². The van der Waals surface area contributed by atoms with Crippen molar-refractivity contribution in [3.8, 4) is 5.75 Å². The smallest absolute Gasteiger partial charge is 0.363 e. The number of carbonyl (C=O) groups excluding carboxylic acids is 1. The standard InChI is InChI=1S/C17H12FNO3/c1-21-15-8-3-2-7-13(15)16-19-14(17(20)22-16)10-11-5-4-6-12(18)9-11/h2-10H,1H3. The average molecular weight is 297 g/mol. The van der Waals surface area contributed by atoms with Crippen molar-refractivity contribution in [1.29, 1.82) is 0 Å². The Morgan fingerprint density at radius 3 is 2.77 bits per heavy atom. The van der Waals surface area contributed by atoms with Gasteiger partial charge in [-0.1, -0.05) is 24.3 Å². The molecular formula is C17H12FNO3. The normalized spacial score (nSPS) is 15.6. The van der Waals surface area contributed by atoms with Gasteiger partial charge in [0.25, 0.3) is 0 Å². The van der Waals surface area contributed by atoms with E-state index in [-0.39, 0.29) is 17.4 Å². The van der Waals surface area contributed by atoms with Crippen molar-refractivity contribution in [3.63, 3.8) is 0 Å². The Balaban J connectivity index is 1.98. The van der Waals surface area contributed by atoms with Crippen LogP contribution < -0.4 is 4.74 Å². The van der Waals surface area contributed by atoms with E-state index in [1.54, 1.807) is 30.3 Å². The summed E-state index contributed by atoms with van der Waals surface area (Å²) in [4.78, 5) is 16.1. The molecule has 2 aromatic carbocycles. The number of hydrogen-bond acceptors (Lipinski definition) is 4. The summed E-state index contributed by atoms with van der Waals surface area (Å²) in [6, 6.07) is 13.0. The van der Waals surface area contributed by atoms with E-state index in [0.717, 1.165) is 0 Å². The predicted molar refractivity (Wildman–Crippen MR) is 80.0 cm³/mol. The summed E-state index contributed by atoms with van der Waals surface area (Å²) in [6.45, 7) is 0. The highest BCUT2D eigenvalue weighted by Crippen LogP contribution is 2.24. The second-order valence-corrected chi connectivity index (χ2v) is 4.59. The second kappa shape index (κ2) is 5.81. The van der Waals surface area contributed by atoms with Crippen LogP contribution in [-0.4, -0.2) is 19.0 Å². The Hall–Kier alpha value is -2.95. The Bertz CT molecular complexity index is 796. The minimum absolute atomic E-state index is 0.117. The summed E-state index contributed by atoms with van der Waals surface area (Å²) in [6.07, 6.45) is 1.48. The van der Waals surface area contributed by atoms with Crippen LogP contribution in [0.5, 0.6) is 5.75 Å². The largest absolute Gasteiger partial charge is 0.496 e. The maximum absolute atomic E-state index is 13.2. The highest BCUT2D eigenvalue weighted by molar-refractivity contribution is 6.13. The van der Waals surface area contributed by atoms with Gasteiger partial charge in [-0.25, -0.2) is 14.2 Å². The van der Waals surface area contributed by atoms with Crippen LogP contribution in [0.25, 0.3) is 6.08 Å². The van der Waals surface area contributed by atoms with Crippen molar-refractivity contribution in [2.24, 2.45) is 4.99 Å². The van der Waals surface area contributed by atoms with Gasteiger partial charge in [0.05, 0.1) is 12.7 Å². The van der Waals surface area contributed by atoms with Gasteiger partial charge >= 0.3 is 5.97 Å². The summed E-state index contributed by atoms with van der Waals surface area (Å²) in [5, 5.41) is 0. The number of nitrogens with zero attached hydrogens (tertiary/aromatic N) is 1. The van der Waals surface area contributed by atoms with E-state index in [1.165, 1.54) is 25.3 Å². The molecule has 5 heteroatoms. The molecule has 0 unspecified atom stereocenters. The van der Waals surface area contributed by atoms with Crippen LogP contribution in [0.1, 0.15) is 11.1 Å². The van der Waals surface area contributed by atoms with Gasteiger partial charge in [-0.3, -0.25) is 0 Å². The van der Waals surface area contributed by atoms with E-state index in [0.29, 0.717) is 16.9 Å². The van der Waals surface area contributed by atoms with E-state index in [1.807, 2.05) is 6.07 Å². The number of carbonyl (C=O) groups is 1. The van der Waals surface area contributed by atoms with E-state index in [2.05, 4.69) is 4.99 Å². The Morgan fingerprint density at radius 2 is 2.00 bits per heavy atom. The predicted octanol–water partition coefficient (Wildman–Crippen LogP) is 3.18. The maximum Gasteiger partial charge on any atom is 0.363 e. The Labute approximate surface area is 126 Å². The van der Waals surface area contributed by atoms with Crippen LogP contribution in [0.2, 0.25) is 0 Å². The van der Waals surface area contributed by atoms with Crippen molar-refractivity contribution in [2.45, 2.75) is 0 Å². The van der Waals surface area contributed by atoms with Gasteiger partial charge in [0.2, 0.25) is 5.90 Å². The van der Waals surface area contributed by atoms with Crippen LogP contribution in [0.4, 0.5) is 4.39 Å². The summed E-state index contributed by atoms with van der Waals surface area (Å²) >= 11 is 0. The van der Waals surface area contributed by atoms with E-state index < -0.39 is 5.97 Å². The Kier molecular flexibility index (Phi) is 3.70. The number of esters is 1. The third-order valence-electron chi connectivity index (χ3n) is 3.11. The number of para-hydroxylation sites is 1. The first kappa shape index (κ1) is 14.0. The Morgan fingerprint density at radius 1 is 1.18 bits per heavy atom. The summed E-state index contributed by atoms with van der Waals surface area (Å²) in [7, 11) is 1.53. The highest BCUT2D eigenvalue weighted by atomic mass is 19.1. The van der Waals surface area contributed by atoms with E-state index >= 15 is 0 Å². The third-order valence-corrected chi connectivity index (χ3v) is 3.11. The zero-order valence-corrected chi connectivity index (χ0v) is 11.7. The molecule has 0 fully saturated rings. The molecule has 2 aromatic rings. The molecule has 1 aliphatic heterocycles. The van der Waals surface area contributed by atoms with Crippen molar-refractivity contribution < 1.29 is 18.7 Å². The molecule has 0 N–H and O–H groups in total. The zero-order chi connectivity index (χ0) is 15.5. The summed E-state index contributed by atoms with van der Waals surface area (Å²) in [5.74, 6) is -0.231. The molecule has 0 aromatic heterocycles. The third kappa shape index (κ3) is 2.74. The first-order valence-corrected chi connectivity index (χ1v) is 6.59. The molecule has 0 radical (unpaired) electrons. The number of cyclic esters (lactones) is 1. The van der Waals surface area contributed by atoms with Crippen molar-refractivity contribution >= 4 is 17.9 Å². The van der Waals surface area contributed by atoms with Gasteiger partial charge in [-0.05, 0) is 35.9 Å². The first-order chi connectivity index (χ1) is 10.7. The quantitative estimate of drug-likeness (QED) is 0.646. The molecule has 4 nitrogen and oxygen atoms in total. The lowest BCUT2D eigenvalue weighted by Crippen LogP contribution is -2.06. The number of halogens is 1. The number of methoxy groups -OCH3 is 1. The van der Waals surface area contributed by atoms with Gasteiger partial charge in [-0.2, -0.15) is 0 Å². The fraction of sp³-hybridized carbons (Fsp3) is 0.0588. The lowest BCUT2D eigenvalue weighted by molar-refractivity contribution is -0.129. The van der Waals surface area contributed by atoms with Gasteiger partial charge in [0, 0.05) is 0 Å². The number of hydrogen-bond donors (Lipinski definition) is 0. The van der Waals surface area contributed by atoms with Crippen LogP contribution in [0.15, 0.2) is 59.2 Å². The molecule has 0 atom stereocenters. The SMILES string of the molecule is COc1ccccc1C1=NC(=Cc2cccc(F)c2)C(=O)O1. The lowest BCUT2D eigenvalue weighted by atomic mass is 10.2. The molecule has 0 saturated heterocycles. The average Bonchev–Trinajstić information content (AvgIpc) is 2.88. The molecule has 0 spiro atoms. The molecular weight excluding hydrogens is 285 g/mol. The van der Waals surface area contributed by atoms with Crippen molar-refractivity contribution in [2.75, 3.05) is 7.11 Å². The number of aliphatic imine (C=N–C) groups is 1. The van der Waals surface area contributed by atoms with E-state index in [9.17, 15) is 9.18 Å². The first-order valence-electron chi connectivity index (χ1n) is 6.59. The molecule has 110 valence electrons. The molecule has 0 aliphatic carbocycles. The van der Waals surface area contributed by atoms with Gasteiger partial charge in [0.1, 0.15) is 11.6 Å². The maximum atomic E-state index is 13.2. The monoisotopic (exact) mass is 297 g/mol. The molecule has 0 amide bonds. The minimum Gasteiger partial charge on any atom is -0.496 e. The zero-order valence-electron chi connectivity index (χ0n) is 11.7. The van der Waals surface area contributed by atoms with Crippen molar-refractivity contribution in [1.82, 2.24) is 0 Å². The molecule has 3 rings (SSSR count). The summed E-state index contributed by atoms with van der Waals surface area (Å²) in [5.41, 5.74) is 1.24. The molecule has 0 saturated carbocycles. The van der Waals surface area contributed by atoms with Gasteiger partial charge in [-0.15, -0.1) is 0 Å². The van der Waals surface area contributed by atoms with E-state index in [4.69, 9.17) is 9.47 Å². The molecule has 1 aliphatic rings. The number of benzene rings is 2. The van der Waals surface area contributed by atoms with Crippen LogP contribution in [-0.2, 0) is 9.53 Å². The topological polar surface area (TPSA) is 47.9 Å². The van der Waals surface area contributed by atoms with Crippen LogP contribution in [0, 0.1) is 5.82 Å². The fourth-order valence-corrected chi connectivity index (χ4v) is 2.10. The number of rotatable bonds is 3. The van der Waals surface area contributed by atoms with Crippen molar-refractivity contribution in [3.05, 3.63) is 71.2 Å². The van der Waals surface area contributed by atoms with Crippen LogP contribution in [0.3, 0.4) is 0 Å².